The smallest absolute Gasteiger partial charge is 0.252 e. The minimum atomic E-state index is -0.0664. The molecule has 1 aliphatic carbocycles. The highest BCUT2D eigenvalue weighted by molar-refractivity contribution is 7.00. The van der Waals surface area contributed by atoms with Gasteiger partial charge in [-0.05, 0) is 151 Å². The van der Waals surface area contributed by atoms with Gasteiger partial charge in [0, 0.05) is 39.6 Å². The number of hydrogen-bond donors (Lipinski definition) is 0. The van der Waals surface area contributed by atoms with Crippen LogP contribution in [0.3, 0.4) is 0 Å². The van der Waals surface area contributed by atoms with Crippen molar-refractivity contribution < 1.29 is 0 Å². The molecule has 0 fully saturated rings. The minimum absolute atomic E-state index is 0.00123. The summed E-state index contributed by atoms with van der Waals surface area (Å²) in [5.74, 6) is 0. The maximum atomic E-state index is 2.71. The first kappa shape index (κ1) is 41.2. The van der Waals surface area contributed by atoms with Crippen LogP contribution in [0.5, 0.6) is 0 Å². The molecule has 3 heteroatoms. The fourth-order valence-corrected chi connectivity index (χ4v) is 10.8. The highest BCUT2D eigenvalue weighted by Crippen LogP contribution is 2.53. The summed E-state index contributed by atoms with van der Waals surface area (Å²) in [5.41, 5.74) is 25.0. The quantitative estimate of drug-likeness (QED) is 0.163. The van der Waals surface area contributed by atoms with Crippen LogP contribution in [0.15, 0.2) is 140 Å². The molecule has 0 unspecified atom stereocenters. The van der Waals surface area contributed by atoms with E-state index in [2.05, 4.69) is 232 Å². The summed E-state index contributed by atoms with van der Waals surface area (Å²) in [7, 11) is 0. The van der Waals surface area contributed by atoms with E-state index in [4.69, 9.17) is 0 Å². The zero-order chi connectivity index (χ0) is 44.4. The second-order valence-electron chi connectivity index (χ2n) is 22.7. The van der Waals surface area contributed by atoms with E-state index in [1.807, 2.05) is 0 Å². The SMILES string of the molecule is Cc1cc2c3c(c1)N(c1c(-c4ccccc4)cc(C(C)(C)C)cc1-c1ccccc1)c1cc4c(cc1B3c1ccc(C(C)(C)C)cc1N2c1cccc(C(C)(C)C)c1)CC(C)(C)C4. The number of rotatable bonds is 4. The van der Waals surface area contributed by atoms with Gasteiger partial charge in [0.05, 0.1) is 5.69 Å². The van der Waals surface area contributed by atoms with Gasteiger partial charge in [0.2, 0.25) is 0 Å². The van der Waals surface area contributed by atoms with E-state index < -0.39 is 0 Å². The van der Waals surface area contributed by atoms with Crippen molar-refractivity contribution in [2.24, 2.45) is 5.41 Å². The van der Waals surface area contributed by atoms with E-state index in [1.165, 1.54) is 106 Å². The Morgan fingerprint density at radius 3 is 1.56 bits per heavy atom. The van der Waals surface area contributed by atoms with Crippen LogP contribution in [0, 0.1) is 12.3 Å². The maximum absolute atomic E-state index is 2.71. The number of anilines is 6. The predicted octanol–water partition coefficient (Wildman–Crippen LogP) is 14.4. The summed E-state index contributed by atoms with van der Waals surface area (Å²) in [4.78, 5) is 5.32. The molecule has 3 aliphatic rings. The van der Waals surface area contributed by atoms with Crippen molar-refractivity contribution in [1.29, 1.82) is 0 Å². The highest BCUT2D eigenvalue weighted by Gasteiger charge is 2.46. The van der Waals surface area contributed by atoms with Crippen LogP contribution in [-0.4, -0.2) is 6.71 Å². The molecular formula is C60H63BN2. The third kappa shape index (κ3) is 7.04. The minimum Gasteiger partial charge on any atom is -0.311 e. The summed E-state index contributed by atoms with van der Waals surface area (Å²) in [6, 6.07) is 54.2. The molecule has 0 bridgehead atoms. The molecule has 0 saturated heterocycles. The average molecular weight is 823 g/mol. The molecular weight excluding hydrogens is 759 g/mol. The molecule has 0 atom stereocenters. The van der Waals surface area contributed by atoms with Crippen LogP contribution in [0.25, 0.3) is 22.3 Å². The van der Waals surface area contributed by atoms with Crippen molar-refractivity contribution in [3.05, 3.63) is 173 Å². The van der Waals surface area contributed by atoms with E-state index >= 15 is 0 Å². The summed E-state index contributed by atoms with van der Waals surface area (Å²) in [5, 5.41) is 0. The van der Waals surface area contributed by atoms with Crippen molar-refractivity contribution in [1.82, 2.24) is 0 Å². The Morgan fingerprint density at radius 1 is 0.460 bits per heavy atom. The molecule has 316 valence electrons. The molecule has 0 aromatic heterocycles. The summed E-state index contributed by atoms with van der Waals surface area (Å²) in [6.07, 6.45) is 2.16. The monoisotopic (exact) mass is 823 g/mol. The van der Waals surface area contributed by atoms with Gasteiger partial charge in [0.15, 0.2) is 0 Å². The van der Waals surface area contributed by atoms with Gasteiger partial charge in [-0.2, -0.15) is 0 Å². The van der Waals surface area contributed by atoms with Crippen LogP contribution >= 0.6 is 0 Å². The number of nitrogens with zero attached hydrogens (tertiary/aromatic N) is 2. The largest absolute Gasteiger partial charge is 0.311 e. The topological polar surface area (TPSA) is 6.48 Å². The molecule has 2 heterocycles. The summed E-state index contributed by atoms with van der Waals surface area (Å²) in [6.45, 7) is 28.3. The van der Waals surface area contributed by atoms with E-state index in [-0.39, 0.29) is 28.4 Å². The van der Waals surface area contributed by atoms with Gasteiger partial charge in [-0.15, -0.1) is 0 Å². The van der Waals surface area contributed by atoms with Crippen LogP contribution in [0.2, 0.25) is 0 Å². The molecule has 0 N–H and O–H groups in total. The van der Waals surface area contributed by atoms with Crippen molar-refractivity contribution in [2.45, 2.75) is 112 Å². The second-order valence-corrected chi connectivity index (χ2v) is 22.7. The number of aryl methyl sites for hydroxylation is 1. The molecule has 0 radical (unpaired) electrons. The number of fused-ring (bicyclic) bond motifs is 5. The molecule has 0 amide bonds. The molecule has 10 rings (SSSR count). The molecule has 7 aromatic carbocycles. The Kier molecular flexibility index (Phi) is 9.40. The Labute approximate surface area is 378 Å². The Hall–Kier alpha value is -5.80. The third-order valence-electron chi connectivity index (χ3n) is 14.1. The first-order valence-electron chi connectivity index (χ1n) is 23.2. The van der Waals surface area contributed by atoms with E-state index in [1.54, 1.807) is 0 Å². The van der Waals surface area contributed by atoms with Crippen LogP contribution < -0.4 is 26.2 Å². The van der Waals surface area contributed by atoms with Gasteiger partial charge in [-0.1, -0.05) is 167 Å². The zero-order valence-electron chi connectivity index (χ0n) is 39.7. The Balaban J connectivity index is 1.37. The van der Waals surface area contributed by atoms with Crippen LogP contribution in [-0.2, 0) is 29.1 Å². The van der Waals surface area contributed by atoms with E-state index in [9.17, 15) is 0 Å². The first-order chi connectivity index (χ1) is 29.8. The lowest BCUT2D eigenvalue weighted by atomic mass is 9.33. The van der Waals surface area contributed by atoms with Crippen LogP contribution in [0.1, 0.15) is 110 Å². The van der Waals surface area contributed by atoms with Gasteiger partial charge in [0.1, 0.15) is 0 Å². The molecule has 0 saturated carbocycles. The van der Waals surface area contributed by atoms with E-state index in [0.717, 1.165) is 12.8 Å². The highest BCUT2D eigenvalue weighted by atomic mass is 15.2. The van der Waals surface area contributed by atoms with Gasteiger partial charge in [-0.25, -0.2) is 0 Å². The fraction of sp³-hybridized carbons (Fsp3) is 0.300. The lowest BCUT2D eigenvalue weighted by Crippen LogP contribution is -2.61. The second kappa shape index (κ2) is 14.4. The van der Waals surface area contributed by atoms with Crippen molar-refractivity contribution in [3.63, 3.8) is 0 Å². The van der Waals surface area contributed by atoms with Crippen LogP contribution in [0.4, 0.5) is 34.1 Å². The lowest BCUT2D eigenvalue weighted by Gasteiger charge is -2.46. The molecule has 7 aromatic rings. The van der Waals surface area contributed by atoms with Gasteiger partial charge in [0.25, 0.3) is 6.71 Å². The molecule has 2 aliphatic heterocycles. The van der Waals surface area contributed by atoms with Crippen molar-refractivity contribution in [2.75, 3.05) is 9.80 Å². The lowest BCUT2D eigenvalue weighted by molar-refractivity contribution is 0.392. The summed E-state index contributed by atoms with van der Waals surface area (Å²) < 4.78 is 0. The third-order valence-corrected chi connectivity index (χ3v) is 14.1. The molecule has 0 spiro atoms. The molecule has 63 heavy (non-hydrogen) atoms. The van der Waals surface area contributed by atoms with Gasteiger partial charge in [-0.3, -0.25) is 0 Å². The normalized spacial score (nSPS) is 15.2. The molecule has 2 nitrogen and oxygen atoms in total. The van der Waals surface area contributed by atoms with Gasteiger partial charge >= 0.3 is 0 Å². The predicted molar refractivity (Wildman–Crippen MR) is 273 cm³/mol. The first-order valence-corrected chi connectivity index (χ1v) is 23.2. The fourth-order valence-electron chi connectivity index (χ4n) is 10.8. The standard InChI is InChI=1S/C60H63BN2/c1-38-28-53-55-54(29-38)63(56-47(39-20-15-13-16-21-39)33-45(59(8,9)10)34-48(56)40-22-17-14-18-23-40)51-31-42-37-60(11,12)36-41(42)30-50(51)61(55)49-27-26-44(58(5,6)7)35-52(49)62(53)46-25-19-24-43(32-46)57(2,3)4/h13-35H,36-37H2,1-12H3. The average Bonchev–Trinajstić information content (AvgIpc) is 3.54. The summed E-state index contributed by atoms with van der Waals surface area (Å²) >= 11 is 0. The Morgan fingerprint density at radius 2 is 0.984 bits per heavy atom. The van der Waals surface area contributed by atoms with Crippen molar-refractivity contribution in [3.8, 4) is 22.3 Å². The Bertz CT molecular complexity index is 2880. The maximum Gasteiger partial charge on any atom is 0.252 e. The van der Waals surface area contributed by atoms with Crippen molar-refractivity contribution >= 4 is 57.2 Å². The number of hydrogen-bond acceptors (Lipinski definition) is 2. The number of benzene rings is 7. The zero-order valence-corrected chi connectivity index (χ0v) is 39.7. The van der Waals surface area contributed by atoms with Gasteiger partial charge < -0.3 is 9.80 Å². The van der Waals surface area contributed by atoms with E-state index in [0.29, 0.717) is 0 Å².